The highest BCUT2D eigenvalue weighted by Gasteiger charge is 2.14. The van der Waals surface area contributed by atoms with E-state index in [0.717, 1.165) is 29.0 Å². The molecular weight excluding hydrogens is 264 g/mol. The number of nitrogens with two attached hydrogens (primary N) is 1. The van der Waals surface area contributed by atoms with Crippen LogP contribution in [-0.4, -0.2) is 11.7 Å². The highest BCUT2D eigenvalue weighted by molar-refractivity contribution is 5.64. The van der Waals surface area contributed by atoms with Crippen molar-refractivity contribution in [3.8, 4) is 17.0 Å². The molecule has 0 aliphatic rings. The van der Waals surface area contributed by atoms with E-state index in [9.17, 15) is 4.79 Å². The quantitative estimate of drug-likeness (QED) is 0.937. The van der Waals surface area contributed by atoms with Crippen molar-refractivity contribution < 1.29 is 4.74 Å². The third kappa shape index (κ3) is 2.79. The van der Waals surface area contributed by atoms with E-state index in [0.29, 0.717) is 0 Å². The van der Waals surface area contributed by atoms with E-state index in [2.05, 4.69) is 6.92 Å². The molecule has 0 fully saturated rings. The maximum absolute atomic E-state index is 12.4. The highest BCUT2D eigenvalue weighted by Crippen LogP contribution is 2.27. The molecule has 0 radical (unpaired) electrons. The van der Waals surface area contributed by atoms with Gasteiger partial charge in [0.2, 0.25) is 0 Å². The van der Waals surface area contributed by atoms with E-state index in [1.807, 2.05) is 38.1 Å². The minimum Gasteiger partial charge on any atom is -0.496 e. The molecule has 2 N–H and O–H groups in total. The summed E-state index contributed by atoms with van der Waals surface area (Å²) in [4.78, 5) is 12.4. The first-order valence-corrected chi connectivity index (χ1v) is 7.15. The van der Waals surface area contributed by atoms with Gasteiger partial charge in [0.05, 0.1) is 18.5 Å². The maximum atomic E-state index is 12.4. The molecule has 0 amide bonds. The molecule has 1 aromatic heterocycles. The third-order valence-corrected chi connectivity index (χ3v) is 3.87. The van der Waals surface area contributed by atoms with Crippen LogP contribution < -0.4 is 16.0 Å². The van der Waals surface area contributed by atoms with Crippen molar-refractivity contribution in [2.75, 3.05) is 12.8 Å². The Bertz CT molecular complexity index is 704. The predicted molar refractivity (Wildman–Crippen MR) is 86.8 cm³/mol. The first-order chi connectivity index (χ1) is 9.99. The van der Waals surface area contributed by atoms with E-state index in [1.165, 1.54) is 0 Å². The Balaban J connectivity index is 2.66. The lowest BCUT2D eigenvalue weighted by atomic mass is 10.1. The number of nitrogens with zero attached hydrogens (tertiary/aromatic N) is 1. The predicted octanol–water partition coefficient (Wildman–Crippen LogP) is 3.39. The van der Waals surface area contributed by atoms with Crippen LogP contribution >= 0.6 is 0 Å². The molecule has 0 saturated heterocycles. The minimum absolute atomic E-state index is 0.0957. The lowest BCUT2D eigenvalue weighted by molar-refractivity contribution is 0.411. The van der Waals surface area contributed by atoms with Crippen LogP contribution in [0.25, 0.3) is 11.3 Å². The van der Waals surface area contributed by atoms with Crippen molar-refractivity contribution in [1.29, 1.82) is 0 Å². The summed E-state index contributed by atoms with van der Waals surface area (Å²) >= 11 is 0. The van der Waals surface area contributed by atoms with Gasteiger partial charge in [-0.25, -0.2) is 0 Å². The fourth-order valence-corrected chi connectivity index (χ4v) is 2.46. The summed E-state index contributed by atoms with van der Waals surface area (Å²) in [5.74, 6) is 0.839. The van der Waals surface area contributed by atoms with E-state index in [-0.39, 0.29) is 17.3 Å². The fraction of sp³-hybridized carbons (Fsp3) is 0.353. The molecule has 0 saturated carbocycles. The summed E-state index contributed by atoms with van der Waals surface area (Å²) in [6.45, 7) is 6.08. The van der Waals surface area contributed by atoms with Crippen molar-refractivity contribution in [1.82, 2.24) is 4.57 Å². The summed E-state index contributed by atoms with van der Waals surface area (Å²) in [6, 6.07) is 9.60. The number of aryl methyl sites for hydroxylation is 1. The largest absolute Gasteiger partial charge is 0.496 e. The van der Waals surface area contributed by atoms with Crippen molar-refractivity contribution >= 4 is 5.69 Å². The Morgan fingerprint density at radius 3 is 2.57 bits per heavy atom. The number of methoxy groups -OCH3 is 1. The number of aromatic nitrogens is 1. The Hall–Kier alpha value is -2.23. The van der Waals surface area contributed by atoms with Crippen molar-refractivity contribution in [3.63, 3.8) is 0 Å². The number of benzene rings is 1. The summed E-state index contributed by atoms with van der Waals surface area (Å²) in [6.07, 6.45) is 0.867. The topological polar surface area (TPSA) is 57.2 Å². The van der Waals surface area contributed by atoms with Gasteiger partial charge in [0.15, 0.2) is 0 Å². The zero-order valence-corrected chi connectivity index (χ0v) is 13.0. The van der Waals surface area contributed by atoms with Crippen LogP contribution in [0.4, 0.5) is 5.69 Å². The van der Waals surface area contributed by atoms with Gasteiger partial charge in [-0.3, -0.25) is 4.79 Å². The molecule has 2 rings (SSSR count). The molecule has 1 heterocycles. The molecule has 1 unspecified atom stereocenters. The van der Waals surface area contributed by atoms with Crippen LogP contribution in [0.2, 0.25) is 0 Å². The molecule has 4 nitrogen and oxygen atoms in total. The molecule has 0 bridgehead atoms. The van der Waals surface area contributed by atoms with Gasteiger partial charge >= 0.3 is 0 Å². The molecule has 0 aliphatic heterocycles. The van der Waals surface area contributed by atoms with Crippen LogP contribution in [0.3, 0.4) is 0 Å². The third-order valence-electron chi connectivity index (χ3n) is 3.87. The molecule has 1 aromatic carbocycles. The lowest BCUT2D eigenvalue weighted by Crippen LogP contribution is -2.26. The lowest BCUT2D eigenvalue weighted by Gasteiger charge is -2.20. The molecular formula is C17H22N2O2. The number of rotatable bonds is 4. The van der Waals surface area contributed by atoms with Crippen LogP contribution in [0.5, 0.6) is 5.75 Å². The first-order valence-electron chi connectivity index (χ1n) is 7.15. The second kappa shape index (κ2) is 6.04. The van der Waals surface area contributed by atoms with Crippen LogP contribution in [0.15, 0.2) is 35.1 Å². The standard InChI is InChI=1S/C17H22N2O2/c1-5-12(3)19-15(8-7-14(18)17(19)20)13-6-9-16(21-4)11(2)10-13/h6-10,12H,5,18H2,1-4H3. The second-order valence-electron chi connectivity index (χ2n) is 5.29. The van der Waals surface area contributed by atoms with Gasteiger partial charge < -0.3 is 15.0 Å². The van der Waals surface area contributed by atoms with Gasteiger partial charge in [-0.15, -0.1) is 0 Å². The highest BCUT2D eigenvalue weighted by atomic mass is 16.5. The number of pyridine rings is 1. The van der Waals surface area contributed by atoms with Crippen LogP contribution in [-0.2, 0) is 0 Å². The van der Waals surface area contributed by atoms with Crippen molar-refractivity contribution in [2.45, 2.75) is 33.2 Å². The van der Waals surface area contributed by atoms with E-state index in [1.54, 1.807) is 17.7 Å². The zero-order valence-electron chi connectivity index (χ0n) is 13.0. The Morgan fingerprint density at radius 2 is 2.00 bits per heavy atom. The zero-order chi connectivity index (χ0) is 15.6. The maximum Gasteiger partial charge on any atom is 0.274 e. The minimum atomic E-state index is -0.129. The molecule has 1 atom stereocenters. The SMILES string of the molecule is CCC(C)n1c(-c2ccc(OC)c(C)c2)ccc(N)c1=O. The van der Waals surface area contributed by atoms with Crippen molar-refractivity contribution in [3.05, 3.63) is 46.2 Å². The van der Waals surface area contributed by atoms with Gasteiger partial charge in [-0.05, 0) is 61.7 Å². The smallest absolute Gasteiger partial charge is 0.274 e. The Morgan fingerprint density at radius 1 is 1.29 bits per heavy atom. The average Bonchev–Trinajstić information content (AvgIpc) is 2.49. The second-order valence-corrected chi connectivity index (χ2v) is 5.29. The summed E-state index contributed by atoms with van der Waals surface area (Å²) < 4.78 is 7.06. The normalized spacial score (nSPS) is 12.2. The molecule has 112 valence electrons. The van der Waals surface area contributed by atoms with Crippen LogP contribution in [0, 0.1) is 6.92 Å². The number of nitrogen functional groups attached to an aromatic ring is 1. The number of hydrogen-bond donors (Lipinski definition) is 1. The number of anilines is 1. The van der Waals surface area contributed by atoms with Crippen molar-refractivity contribution in [2.24, 2.45) is 0 Å². The number of ether oxygens (including phenoxy) is 1. The summed E-state index contributed by atoms with van der Waals surface area (Å²) in [7, 11) is 1.65. The van der Waals surface area contributed by atoms with Gasteiger partial charge in [0.25, 0.3) is 5.56 Å². The molecule has 2 aromatic rings. The molecule has 21 heavy (non-hydrogen) atoms. The van der Waals surface area contributed by atoms with E-state index in [4.69, 9.17) is 10.5 Å². The summed E-state index contributed by atoms with van der Waals surface area (Å²) in [5, 5.41) is 0. The number of hydrogen-bond acceptors (Lipinski definition) is 3. The van der Waals surface area contributed by atoms with Gasteiger partial charge in [0, 0.05) is 6.04 Å². The summed E-state index contributed by atoms with van der Waals surface area (Å²) in [5.41, 5.74) is 8.85. The Labute approximate surface area is 125 Å². The van der Waals surface area contributed by atoms with E-state index < -0.39 is 0 Å². The monoisotopic (exact) mass is 286 g/mol. The average molecular weight is 286 g/mol. The molecule has 0 spiro atoms. The molecule has 4 heteroatoms. The van der Waals surface area contributed by atoms with Gasteiger partial charge in [-0.1, -0.05) is 6.92 Å². The van der Waals surface area contributed by atoms with E-state index >= 15 is 0 Å². The Kier molecular flexibility index (Phi) is 4.36. The van der Waals surface area contributed by atoms with Gasteiger partial charge in [-0.2, -0.15) is 0 Å². The van der Waals surface area contributed by atoms with Crippen LogP contribution in [0.1, 0.15) is 31.9 Å². The first kappa shape index (κ1) is 15.2. The fourth-order valence-electron chi connectivity index (χ4n) is 2.46. The van der Waals surface area contributed by atoms with Gasteiger partial charge in [0.1, 0.15) is 5.75 Å². The molecule has 0 aliphatic carbocycles.